The van der Waals surface area contributed by atoms with Crippen molar-refractivity contribution in [1.29, 1.82) is 5.26 Å². The quantitative estimate of drug-likeness (QED) is 0.826. The Hall–Kier alpha value is -2.26. The van der Waals surface area contributed by atoms with Crippen LogP contribution in [-0.2, 0) is 9.53 Å². The Balaban J connectivity index is 1.98. The highest BCUT2D eigenvalue weighted by molar-refractivity contribution is 5.78. The number of nitrogens with zero attached hydrogens (tertiary/aromatic N) is 2. The smallest absolute Gasteiger partial charge is 0.260 e. The average molecular weight is 304 g/mol. The third-order valence-corrected chi connectivity index (χ3v) is 3.32. The molecule has 0 aliphatic carbocycles. The van der Waals surface area contributed by atoms with Gasteiger partial charge >= 0.3 is 0 Å². The lowest BCUT2D eigenvalue weighted by molar-refractivity contribution is -0.140. The Morgan fingerprint density at radius 3 is 2.95 bits per heavy atom. The molecule has 1 heterocycles. The van der Waals surface area contributed by atoms with Crippen LogP contribution in [0.5, 0.6) is 11.5 Å². The molecule has 1 aromatic carbocycles. The van der Waals surface area contributed by atoms with Crippen LogP contribution >= 0.6 is 0 Å². The molecule has 1 aromatic rings. The predicted molar refractivity (Wildman–Crippen MR) is 79.8 cm³/mol. The van der Waals surface area contributed by atoms with E-state index in [9.17, 15) is 4.79 Å². The number of benzene rings is 1. The van der Waals surface area contributed by atoms with Gasteiger partial charge in [-0.3, -0.25) is 4.79 Å². The standard InChI is InChI=1S/C16H20N2O4/c1-3-20-15-8-13(9-17)4-5-14(15)22-11-16(19)18-6-7-21-12(2)10-18/h4-5,8,12H,3,6-7,10-11H2,1-2H3/t12-/m1/s1. The monoisotopic (exact) mass is 304 g/mol. The van der Waals surface area contributed by atoms with Crippen LogP contribution in [0.1, 0.15) is 19.4 Å². The number of hydrogen-bond donors (Lipinski definition) is 0. The molecule has 1 amide bonds. The largest absolute Gasteiger partial charge is 0.490 e. The van der Waals surface area contributed by atoms with Crippen molar-refractivity contribution in [3.05, 3.63) is 23.8 Å². The summed E-state index contributed by atoms with van der Waals surface area (Å²) < 4.78 is 16.4. The maximum Gasteiger partial charge on any atom is 0.260 e. The molecule has 0 N–H and O–H groups in total. The average Bonchev–Trinajstić information content (AvgIpc) is 2.53. The van der Waals surface area contributed by atoms with Crippen LogP contribution in [0, 0.1) is 11.3 Å². The predicted octanol–water partition coefficient (Wildman–Crippen LogP) is 1.58. The van der Waals surface area contributed by atoms with E-state index in [4.69, 9.17) is 19.5 Å². The Morgan fingerprint density at radius 2 is 2.27 bits per heavy atom. The van der Waals surface area contributed by atoms with Crippen LogP contribution in [0.3, 0.4) is 0 Å². The fourth-order valence-corrected chi connectivity index (χ4v) is 2.24. The summed E-state index contributed by atoms with van der Waals surface area (Å²) in [4.78, 5) is 13.9. The molecule has 0 bridgehead atoms. The van der Waals surface area contributed by atoms with Crippen molar-refractivity contribution < 1.29 is 19.0 Å². The second kappa shape index (κ2) is 7.66. The van der Waals surface area contributed by atoms with Crippen LogP contribution in [0.4, 0.5) is 0 Å². The minimum absolute atomic E-state index is 0.0478. The van der Waals surface area contributed by atoms with Crippen LogP contribution in [0.15, 0.2) is 18.2 Å². The third kappa shape index (κ3) is 4.12. The fourth-order valence-electron chi connectivity index (χ4n) is 2.24. The zero-order valence-electron chi connectivity index (χ0n) is 12.9. The first-order chi connectivity index (χ1) is 10.6. The summed E-state index contributed by atoms with van der Waals surface area (Å²) in [6.45, 7) is 5.90. The summed E-state index contributed by atoms with van der Waals surface area (Å²) in [5.74, 6) is 0.863. The Kier molecular flexibility index (Phi) is 5.61. The first-order valence-electron chi connectivity index (χ1n) is 7.33. The molecular weight excluding hydrogens is 284 g/mol. The van der Waals surface area contributed by atoms with Crippen molar-refractivity contribution in [2.45, 2.75) is 20.0 Å². The van der Waals surface area contributed by atoms with Crippen molar-refractivity contribution in [3.63, 3.8) is 0 Å². The van der Waals surface area contributed by atoms with E-state index in [-0.39, 0.29) is 18.6 Å². The molecule has 2 rings (SSSR count). The lowest BCUT2D eigenvalue weighted by Crippen LogP contribution is -2.46. The van der Waals surface area contributed by atoms with Gasteiger partial charge in [0.05, 0.1) is 31.0 Å². The zero-order valence-corrected chi connectivity index (χ0v) is 12.9. The van der Waals surface area contributed by atoms with Crippen LogP contribution < -0.4 is 9.47 Å². The maximum absolute atomic E-state index is 12.2. The molecule has 0 unspecified atom stereocenters. The number of carbonyl (C=O) groups is 1. The lowest BCUT2D eigenvalue weighted by Gasteiger charge is -2.31. The molecule has 1 saturated heterocycles. The number of carbonyl (C=O) groups excluding carboxylic acids is 1. The normalized spacial score (nSPS) is 17.7. The summed E-state index contributed by atoms with van der Waals surface area (Å²) in [6.07, 6.45) is 0.0478. The van der Waals surface area contributed by atoms with Crippen molar-refractivity contribution >= 4 is 5.91 Å². The van der Waals surface area contributed by atoms with Crippen molar-refractivity contribution in [2.75, 3.05) is 32.9 Å². The molecule has 1 aliphatic rings. The first kappa shape index (κ1) is 16.1. The molecule has 0 saturated carbocycles. The summed E-state index contributed by atoms with van der Waals surface area (Å²) in [6, 6.07) is 6.95. The van der Waals surface area contributed by atoms with Crippen molar-refractivity contribution in [3.8, 4) is 17.6 Å². The van der Waals surface area contributed by atoms with Crippen LogP contribution in [0.2, 0.25) is 0 Å². The van der Waals surface area contributed by atoms with E-state index in [1.807, 2.05) is 19.9 Å². The number of ether oxygens (including phenoxy) is 3. The van der Waals surface area contributed by atoms with E-state index < -0.39 is 0 Å². The third-order valence-electron chi connectivity index (χ3n) is 3.32. The highest BCUT2D eigenvalue weighted by Crippen LogP contribution is 2.28. The molecule has 22 heavy (non-hydrogen) atoms. The summed E-state index contributed by atoms with van der Waals surface area (Å²) in [5.41, 5.74) is 0.490. The summed E-state index contributed by atoms with van der Waals surface area (Å²) >= 11 is 0. The van der Waals surface area contributed by atoms with Gasteiger partial charge in [0.2, 0.25) is 0 Å². The van der Waals surface area contributed by atoms with E-state index >= 15 is 0 Å². The van der Waals surface area contributed by atoms with Gasteiger partial charge in [0.25, 0.3) is 5.91 Å². The van der Waals surface area contributed by atoms with Gasteiger partial charge in [-0.1, -0.05) is 0 Å². The van der Waals surface area contributed by atoms with E-state index in [2.05, 4.69) is 0 Å². The molecule has 0 radical (unpaired) electrons. The minimum atomic E-state index is -0.0815. The minimum Gasteiger partial charge on any atom is -0.490 e. The zero-order chi connectivity index (χ0) is 15.9. The van der Waals surface area contributed by atoms with Gasteiger partial charge in [0.1, 0.15) is 0 Å². The van der Waals surface area contributed by atoms with Crippen LogP contribution in [-0.4, -0.2) is 49.8 Å². The van der Waals surface area contributed by atoms with Crippen molar-refractivity contribution in [2.24, 2.45) is 0 Å². The second-order valence-corrected chi connectivity index (χ2v) is 5.02. The topological polar surface area (TPSA) is 71.8 Å². The number of amides is 1. The van der Waals surface area contributed by atoms with Crippen molar-refractivity contribution in [1.82, 2.24) is 4.90 Å². The van der Waals surface area contributed by atoms with Gasteiger partial charge in [-0.05, 0) is 26.0 Å². The van der Waals surface area contributed by atoms with Gasteiger partial charge in [-0.2, -0.15) is 5.26 Å². The molecule has 0 aromatic heterocycles. The Morgan fingerprint density at radius 1 is 1.45 bits per heavy atom. The highest BCUT2D eigenvalue weighted by atomic mass is 16.5. The van der Waals surface area contributed by atoms with Gasteiger partial charge in [-0.25, -0.2) is 0 Å². The molecular formula is C16H20N2O4. The summed E-state index contributed by atoms with van der Waals surface area (Å²) in [5, 5.41) is 8.92. The van der Waals surface area contributed by atoms with Gasteiger partial charge in [-0.15, -0.1) is 0 Å². The SMILES string of the molecule is CCOc1cc(C#N)ccc1OCC(=O)N1CCO[C@H](C)C1. The molecule has 1 aliphatic heterocycles. The number of nitriles is 1. The van der Waals surface area contributed by atoms with E-state index in [0.29, 0.717) is 43.4 Å². The molecule has 6 nitrogen and oxygen atoms in total. The molecule has 1 atom stereocenters. The lowest BCUT2D eigenvalue weighted by atomic mass is 10.2. The second-order valence-electron chi connectivity index (χ2n) is 5.02. The fraction of sp³-hybridized carbons (Fsp3) is 0.500. The van der Waals surface area contributed by atoms with E-state index in [0.717, 1.165) is 0 Å². The molecule has 6 heteroatoms. The maximum atomic E-state index is 12.2. The van der Waals surface area contributed by atoms with Gasteiger partial charge < -0.3 is 19.1 Å². The Bertz CT molecular complexity index is 568. The first-order valence-corrected chi connectivity index (χ1v) is 7.33. The highest BCUT2D eigenvalue weighted by Gasteiger charge is 2.22. The molecule has 118 valence electrons. The number of rotatable bonds is 5. The van der Waals surface area contributed by atoms with E-state index in [1.165, 1.54) is 0 Å². The van der Waals surface area contributed by atoms with Crippen LogP contribution in [0.25, 0.3) is 0 Å². The number of morpholine rings is 1. The van der Waals surface area contributed by atoms with Gasteiger partial charge in [0, 0.05) is 19.2 Å². The molecule has 0 spiro atoms. The Labute approximate surface area is 130 Å². The number of hydrogen-bond acceptors (Lipinski definition) is 5. The summed E-state index contributed by atoms with van der Waals surface area (Å²) in [7, 11) is 0. The molecule has 1 fully saturated rings. The van der Waals surface area contributed by atoms with E-state index in [1.54, 1.807) is 23.1 Å². The van der Waals surface area contributed by atoms with Gasteiger partial charge in [0.15, 0.2) is 18.1 Å².